The van der Waals surface area contributed by atoms with Gasteiger partial charge in [-0.2, -0.15) is 0 Å². The first kappa shape index (κ1) is 10.2. The number of allylic oxidation sites excluding steroid dienone is 6. The highest BCUT2D eigenvalue weighted by Crippen LogP contribution is 2.12. The molecule has 0 aliphatic heterocycles. The molecule has 0 amide bonds. The molecule has 0 heteroatoms. The summed E-state index contributed by atoms with van der Waals surface area (Å²) in [5, 5.41) is 0. The molecule has 0 aliphatic rings. The van der Waals surface area contributed by atoms with Crippen molar-refractivity contribution in [3.05, 3.63) is 34.9 Å². The van der Waals surface area contributed by atoms with E-state index in [0.29, 0.717) is 0 Å². The average molecular weight is 150 g/mol. The Morgan fingerprint density at radius 3 is 1.73 bits per heavy atom. The predicted octanol–water partition coefficient (Wildman–Crippen LogP) is 3.87. The molecule has 0 fully saturated rings. The van der Waals surface area contributed by atoms with Crippen LogP contribution in [0.15, 0.2) is 34.9 Å². The zero-order valence-corrected chi connectivity index (χ0v) is 8.23. The lowest BCUT2D eigenvalue weighted by Gasteiger charge is -2.01. The molecule has 0 saturated heterocycles. The lowest BCUT2D eigenvalue weighted by molar-refractivity contribution is 1.32. The van der Waals surface area contributed by atoms with Gasteiger partial charge >= 0.3 is 0 Å². The molecule has 0 unspecified atom stereocenters. The minimum absolute atomic E-state index is 1.33. The van der Waals surface area contributed by atoms with Gasteiger partial charge in [0.25, 0.3) is 0 Å². The van der Waals surface area contributed by atoms with Crippen LogP contribution < -0.4 is 0 Å². The third-order valence-corrected chi connectivity index (χ3v) is 1.64. The first-order valence-corrected chi connectivity index (χ1v) is 4.06. The molecule has 11 heavy (non-hydrogen) atoms. The van der Waals surface area contributed by atoms with Crippen molar-refractivity contribution in [1.82, 2.24) is 0 Å². The Bertz CT molecular complexity index is 198. The van der Waals surface area contributed by atoms with Crippen molar-refractivity contribution in [3.8, 4) is 0 Å². The summed E-state index contributed by atoms with van der Waals surface area (Å²) in [5.74, 6) is 0. The van der Waals surface area contributed by atoms with Gasteiger partial charge in [0.15, 0.2) is 0 Å². The Morgan fingerprint density at radius 1 is 0.909 bits per heavy atom. The average Bonchev–Trinajstić information content (AvgIpc) is 1.98. The topological polar surface area (TPSA) is 0 Å². The summed E-state index contributed by atoms with van der Waals surface area (Å²) < 4.78 is 0. The molecule has 0 N–H and O–H groups in total. The van der Waals surface area contributed by atoms with Crippen LogP contribution in [-0.4, -0.2) is 0 Å². The lowest BCUT2D eigenvalue weighted by Crippen LogP contribution is -1.80. The Hall–Kier alpha value is -0.780. The first-order chi connectivity index (χ1) is 5.11. The molecule has 0 bridgehead atoms. The van der Waals surface area contributed by atoms with Gasteiger partial charge in [0, 0.05) is 0 Å². The summed E-state index contributed by atoms with van der Waals surface area (Å²) in [6.45, 7) is 10.5. The van der Waals surface area contributed by atoms with Gasteiger partial charge in [-0.1, -0.05) is 23.8 Å². The van der Waals surface area contributed by atoms with E-state index in [9.17, 15) is 0 Å². The van der Waals surface area contributed by atoms with Crippen LogP contribution in [0.4, 0.5) is 0 Å². The smallest absolute Gasteiger partial charge is 0.0274 e. The standard InChI is InChI=1S/C11H18/c1-6-10(5)11(7-2)8-9(3)4/h6-8H,1-5H3/b10-6+,11-7+. The monoisotopic (exact) mass is 150 g/mol. The largest absolute Gasteiger partial charge is 0.0841 e. The minimum atomic E-state index is 1.33. The van der Waals surface area contributed by atoms with E-state index in [4.69, 9.17) is 0 Å². The normalized spacial score (nSPS) is 13.2. The minimum Gasteiger partial charge on any atom is -0.0841 e. The molecular formula is C11H18. The summed E-state index contributed by atoms with van der Waals surface area (Å²) in [4.78, 5) is 0. The summed E-state index contributed by atoms with van der Waals surface area (Å²) in [7, 11) is 0. The third kappa shape index (κ3) is 3.82. The van der Waals surface area contributed by atoms with E-state index in [-0.39, 0.29) is 0 Å². The van der Waals surface area contributed by atoms with Gasteiger partial charge in [-0.3, -0.25) is 0 Å². The second-order valence-corrected chi connectivity index (χ2v) is 2.94. The Morgan fingerprint density at radius 2 is 1.45 bits per heavy atom. The summed E-state index contributed by atoms with van der Waals surface area (Å²) in [6, 6.07) is 0. The number of rotatable bonds is 2. The summed E-state index contributed by atoms with van der Waals surface area (Å²) in [5.41, 5.74) is 4.01. The van der Waals surface area contributed by atoms with Gasteiger partial charge < -0.3 is 0 Å². The molecule has 0 saturated carbocycles. The van der Waals surface area contributed by atoms with Crippen molar-refractivity contribution in [1.29, 1.82) is 0 Å². The molecule has 0 heterocycles. The second kappa shape index (κ2) is 4.95. The zero-order valence-electron chi connectivity index (χ0n) is 8.23. The highest BCUT2D eigenvalue weighted by Gasteiger charge is 1.91. The quantitative estimate of drug-likeness (QED) is 0.524. The van der Waals surface area contributed by atoms with Crippen molar-refractivity contribution < 1.29 is 0 Å². The Balaban J connectivity index is 4.59. The van der Waals surface area contributed by atoms with E-state index in [0.717, 1.165) is 0 Å². The fourth-order valence-electron chi connectivity index (χ4n) is 0.903. The van der Waals surface area contributed by atoms with Crippen LogP contribution in [0.3, 0.4) is 0 Å². The van der Waals surface area contributed by atoms with E-state index in [1.165, 1.54) is 16.7 Å². The fourth-order valence-corrected chi connectivity index (χ4v) is 0.903. The van der Waals surface area contributed by atoms with Crippen LogP contribution in [0.25, 0.3) is 0 Å². The SMILES string of the molecule is C/C=C(C)/C(C=C(C)C)=C/C. The molecule has 0 aromatic rings. The van der Waals surface area contributed by atoms with Crippen LogP contribution >= 0.6 is 0 Å². The molecule has 0 spiro atoms. The van der Waals surface area contributed by atoms with E-state index in [1.807, 2.05) is 0 Å². The van der Waals surface area contributed by atoms with Crippen molar-refractivity contribution in [2.45, 2.75) is 34.6 Å². The number of hydrogen-bond donors (Lipinski definition) is 0. The van der Waals surface area contributed by atoms with Gasteiger partial charge in [-0.15, -0.1) is 0 Å². The van der Waals surface area contributed by atoms with E-state index in [1.54, 1.807) is 0 Å². The molecule has 0 radical (unpaired) electrons. The fraction of sp³-hybridized carbons (Fsp3) is 0.455. The van der Waals surface area contributed by atoms with Crippen molar-refractivity contribution in [2.75, 3.05) is 0 Å². The van der Waals surface area contributed by atoms with E-state index >= 15 is 0 Å². The number of hydrogen-bond acceptors (Lipinski definition) is 0. The van der Waals surface area contributed by atoms with Gasteiger partial charge in [0.1, 0.15) is 0 Å². The lowest BCUT2D eigenvalue weighted by atomic mass is 10.1. The van der Waals surface area contributed by atoms with Crippen molar-refractivity contribution in [2.24, 2.45) is 0 Å². The summed E-state index contributed by atoms with van der Waals surface area (Å²) in [6.07, 6.45) is 6.48. The Labute approximate surface area is 70.3 Å². The van der Waals surface area contributed by atoms with Crippen molar-refractivity contribution in [3.63, 3.8) is 0 Å². The third-order valence-electron chi connectivity index (χ3n) is 1.64. The highest BCUT2D eigenvalue weighted by atomic mass is 14.0. The van der Waals surface area contributed by atoms with E-state index in [2.05, 4.69) is 52.8 Å². The van der Waals surface area contributed by atoms with Crippen LogP contribution in [0.5, 0.6) is 0 Å². The molecule has 0 aromatic carbocycles. The van der Waals surface area contributed by atoms with Crippen LogP contribution in [0, 0.1) is 0 Å². The molecule has 0 aromatic heterocycles. The molecule has 0 nitrogen and oxygen atoms in total. The van der Waals surface area contributed by atoms with Crippen molar-refractivity contribution >= 4 is 0 Å². The maximum absolute atomic E-state index is 2.20. The highest BCUT2D eigenvalue weighted by molar-refractivity contribution is 5.38. The van der Waals surface area contributed by atoms with Gasteiger partial charge in [0.2, 0.25) is 0 Å². The molecule has 0 rings (SSSR count). The first-order valence-electron chi connectivity index (χ1n) is 4.06. The molecule has 0 aliphatic carbocycles. The van der Waals surface area contributed by atoms with Crippen LogP contribution in [-0.2, 0) is 0 Å². The second-order valence-electron chi connectivity index (χ2n) is 2.94. The zero-order chi connectivity index (χ0) is 8.85. The predicted molar refractivity (Wildman–Crippen MR) is 52.6 cm³/mol. The Kier molecular flexibility index (Phi) is 4.60. The van der Waals surface area contributed by atoms with Gasteiger partial charge in [-0.05, 0) is 45.8 Å². The molecule has 62 valence electrons. The maximum Gasteiger partial charge on any atom is -0.0274 e. The molecular weight excluding hydrogens is 132 g/mol. The van der Waals surface area contributed by atoms with Crippen LogP contribution in [0.2, 0.25) is 0 Å². The van der Waals surface area contributed by atoms with Gasteiger partial charge in [-0.25, -0.2) is 0 Å². The van der Waals surface area contributed by atoms with Gasteiger partial charge in [0.05, 0.1) is 0 Å². The summed E-state index contributed by atoms with van der Waals surface area (Å²) >= 11 is 0. The van der Waals surface area contributed by atoms with E-state index < -0.39 is 0 Å². The maximum atomic E-state index is 2.20. The molecule has 0 atom stereocenters. The van der Waals surface area contributed by atoms with Crippen LogP contribution in [0.1, 0.15) is 34.6 Å².